The first kappa shape index (κ1) is 25.5. The molecule has 2 unspecified atom stereocenters. The molecule has 0 aliphatic carbocycles. The van der Waals surface area contributed by atoms with Crippen molar-refractivity contribution in [1.82, 2.24) is 15.5 Å². The molecule has 0 radical (unpaired) electrons. The van der Waals surface area contributed by atoms with E-state index in [1.165, 1.54) is 23.4 Å². The van der Waals surface area contributed by atoms with Crippen molar-refractivity contribution >= 4 is 52.9 Å². The lowest BCUT2D eigenvalue weighted by atomic mass is 9.88. The van der Waals surface area contributed by atoms with E-state index in [4.69, 9.17) is 0 Å². The summed E-state index contributed by atoms with van der Waals surface area (Å²) in [6, 6.07) is 10.5. The van der Waals surface area contributed by atoms with Gasteiger partial charge in [-0.05, 0) is 68.9 Å². The van der Waals surface area contributed by atoms with Crippen molar-refractivity contribution in [2.75, 3.05) is 38.5 Å². The van der Waals surface area contributed by atoms with Crippen LogP contribution in [0.4, 0.5) is 10.1 Å². The number of carbonyl (C=O) groups excluding carboxylic acids is 1. The van der Waals surface area contributed by atoms with E-state index in [0.717, 1.165) is 19.5 Å². The van der Waals surface area contributed by atoms with Crippen LogP contribution in [-0.2, 0) is 4.79 Å². The van der Waals surface area contributed by atoms with Crippen LogP contribution in [0.2, 0.25) is 0 Å². The van der Waals surface area contributed by atoms with Crippen LogP contribution in [0.1, 0.15) is 30.7 Å². The lowest BCUT2D eigenvalue weighted by Crippen LogP contribution is -2.45. The second kappa shape index (κ2) is 13.0. The summed E-state index contributed by atoms with van der Waals surface area (Å²) in [6.07, 6.45) is 2.33. The van der Waals surface area contributed by atoms with Gasteiger partial charge < -0.3 is 16.0 Å². The maximum atomic E-state index is 13.3. The molecule has 3 N–H and O–H groups in total. The first-order valence-corrected chi connectivity index (χ1v) is 11.3. The fraction of sp³-hybridized carbons (Fsp3) is 0.455. The number of thiophene rings is 1. The van der Waals surface area contributed by atoms with Crippen molar-refractivity contribution in [3.8, 4) is 0 Å². The largest absolute Gasteiger partial charge is 0.357 e. The second-order valence-electron chi connectivity index (χ2n) is 7.48. The Morgan fingerprint density at radius 3 is 2.84 bits per heavy atom. The first-order valence-electron chi connectivity index (χ1n) is 10.4. The van der Waals surface area contributed by atoms with E-state index >= 15 is 0 Å². The van der Waals surface area contributed by atoms with Crippen LogP contribution in [-0.4, -0.2) is 50.0 Å². The average Bonchev–Trinajstić information content (AvgIpc) is 3.24. The molecule has 1 amide bonds. The zero-order valence-corrected chi connectivity index (χ0v) is 21.1. The van der Waals surface area contributed by atoms with Crippen LogP contribution in [0.5, 0.6) is 0 Å². The first-order chi connectivity index (χ1) is 14.6. The molecule has 2 atom stereocenters. The molecule has 1 saturated heterocycles. The number of hydrogen-bond donors (Lipinski definition) is 3. The number of guanidine groups is 1. The minimum absolute atomic E-state index is 0. The molecule has 1 aromatic carbocycles. The Labute approximate surface area is 204 Å². The maximum absolute atomic E-state index is 13.3. The molecule has 0 spiro atoms. The highest BCUT2D eigenvalue weighted by Crippen LogP contribution is 2.36. The number of nitrogens with zero attached hydrogens (tertiary/aromatic N) is 2. The number of rotatable bonds is 7. The molecular weight excluding hydrogens is 528 g/mol. The van der Waals surface area contributed by atoms with Gasteiger partial charge in [-0.3, -0.25) is 9.69 Å². The normalized spacial score (nSPS) is 19.4. The van der Waals surface area contributed by atoms with Crippen LogP contribution in [0.15, 0.2) is 46.8 Å². The van der Waals surface area contributed by atoms with Gasteiger partial charge in [0.2, 0.25) is 5.91 Å². The lowest BCUT2D eigenvalue weighted by Gasteiger charge is -2.39. The fourth-order valence-corrected chi connectivity index (χ4v) is 4.85. The van der Waals surface area contributed by atoms with Gasteiger partial charge in [0.05, 0.1) is 0 Å². The zero-order chi connectivity index (χ0) is 21.3. The number of likely N-dealkylation sites (tertiary alicyclic amines) is 1. The second-order valence-corrected chi connectivity index (χ2v) is 8.46. The number of amides is 1. The average molecular weight is 559 g/mol. The summed E-state index contributed by atoms with van der Waals surface area (Å²) >= 11 is 1.80. The van der Waals surface area contributed by atoms with E-state index in [1.54, 1.807) is 23.5 Å². The Bertz CT molecular complexity index is 848. The van der Waals surface area contributed by atoms with Crippen molar-refractivity contribution in [1.29, 1.82) is 0 Å². The Morgan fingerprint density at radius 1 is 1.29 bits per heavy atom. The molecule has 0 bridgehead atoms. The van der Waals surface area contributed by atoms with E-state index in [1.807, 2.05) is 6.92 Å². The molecule has 1 fully saturated rings. The van der Waals surface area contributed by atoms with Crippen molar-refractivity contribution in [3.05, 3.63) is 52.5 Å². The SMILES string of the molecule is CCNC(=NCC(=O)Nc1cccc(F)c1)NCC1CCCN(C)C1c1cccs1.I. The predicted molar refractivity (Wildman–Crippen MR) is 137 cm³/mol. The summed E-state index contributed by atoms with van der Waals surface area (Å²) in [4.78, 5) is 20.4. The molecular formula is C22H31FIN5OS. The molecule has 1 aromatic heterocycles. The zero-order valence-electron chi connectivity index (χ0n) is 17.9. The van der Waals surface area contributed by atoms with E-state index in [0.29, 0.717) is 30.2 Å². The van der Waals surface area contributed by atoms with Crippen molar-refractivity contribution in [2.24, 2.45) is 10.9 Å². The molecule has 6 nitrogen and oxygen atoms in total. The summed E-state index contributed by atoms with van der Waals surface area (Å²) in [5, 5.41) is 11.4. The van der Waals surface area contributed by atoms with Gasteiger partial charge >= 0.3 is 0 Å². The summed E-state index contributed by atoms with van der Waals surface area (Å²) in [5.41, 5.74) is 0.428. The van der Waals surface area contributed by atoms with Crippen LogP contribution in [0.3, 0.4) is 0 Å². The predicted octanol–water partition coefficient (Wildman–Crippen LogP) is 4.08. The molecule has 170 valence electrons. The molecule has 3 rings (SSSR count). The Balaban J connectivity index is 0.00000341. The standard InChI is InChI=1S/C22H30FN5OS.HI/c1-3-24-22(26-15-20(29)27-18-9-4-8-17(23)13-18)25-14-16-7-5-11-28(2)21(16)19-10-6-12-30-19;/h4,6,8-10,12-13,16,21H,3,5,7,11,14-15H2,1-2H3,(H,27,29)(H2,24,25,26);1H. The summed E-state index contributed by atoms with van der Waals surface area (Å²) in [5.74, 6) is 0.410. The number of anilines is 1. The van der Waals surface area contributed by atoms with Crippen LogP contribution in [0.25, 0.3) is 0 Å². The lowest BCUT2D eigenvalue weighted by molar-refractivity contribution is -0.114. The molecule has 31 heavy (non-hydrogen) atoms. The third-order valence-electron chi connectivity index (χ3n) is 5.21. The van der Waals surface area contributed by atoms with Gasteiger partial charge in [-0.25, -0.2) is 9.38 Å². The van der Waals surface area contributed by atoms with Gasteiger partial charge in [0.1, 0.15) is 12.4 Å². The van der Waals surface area contributed by atoms with Gasteiger partial charge in [-0.15, -0.1) is 35.3 Å². The summed E-state index contributed by atoms with van der Waals surface area (Å²) in [7, 11) is 2.19. The van der Waals surface area contributed by atoms with Gasteiger partial charge in [0.15, 0.2) is 5.96 Å². The van der Waals surface area contributed by atoms with E-state index in [9.17, 15) is 9.18 Å². The Morgan fingerprint density at radius 2 is 2.13 bits per heavy atom. The minimum atomic E-state index is -0.385. The maximum Gasteiger partial charge on any atom is 0.246 e. The number of benzene rings is 1. The van der Waals surface area contributed by atoms with Crippen LogP contribution in [0, 0.1) is 11.7 Å². The highest BCUT2D eigenvalue weighted by atomic mass is 127. The van der Waals surface area contributed by atoms with E-state index in [-0.39, 0.29) is 42.2 Å². The fourth-order valence-electron chi connectivity index (χ4n) is 3.87. The summed E-state index contributed by atoms with van der Waals surface area (Å²) < 4.78 is 13.3. The van der Waals surface area contributed by atoms with Crippen LogP contribution >= 0.6 is 35.3 Å². The molecule has 9 heteroatoms. The topological polar surface area (TPSA) is 68.8 Å². The van der Waals surface area contributed by atoms with Crippen molar-refractivity contribution < 1.29 is 9.18 Å². The third kappa shape index (κ3) is 7.73. The molecule has 1 aliphatic heterocycles. The number of aliphatic imine (C=N–C) groups is 1. The third-order valence-corrected chi connectivity index (χ3v) is 6.15. The van der Waals surface area contributed by atoms with Crippen molar-refractivity contribution in [3.63, 3.8) is 0 Å². The van der Waals surface area contributed by atoms with Gasteiger partial charge in [0, 0.05) is 29.7 Å². The number of halogens is 2. The monoisotopic (exact) mass is 559 g/mol. The molecule has 2 heterocycles. The Hall–Kier alpha value is -1.72. The van der Waals surface area contributed by atoms with Gasteiger partial charge in [0.25, 0.3) is 0 Å². The smallest absolute Gasteiger partial charge is 0.246 e. The molecule has 2 aromatic rings. The highest BCUT2D eigenvalue weighted by Gasteiger charge is 2.31. The van der Waals surface area contributed by atoms with E-state index in [2.05, 4.69) is 50.4 Å². The number of carbonyl (C=O) groups is 1. The quantitative estimate of drug-likeness (QED) is 0.272. The van der Waals surface area contributed by atoms with Gasteiger partial charge in [-0.2, -0.15) is 0 Å². The van der Waals surface area contributed by atoms with E-state index < -0.39 is 0 Å². The minimum Gasteiger partial charge on any atom is -0.357 e. The van der Waals surface area contributed by atoms with Crippen LogP contribution < -0.4 is 16.0 Å². The number of piperidine rings is 1. The van der Waals surface area contributed by atoms with Gasteiger partial charge in [-0.1, -0.05) is 12.1 Å². The number of nitrogens with one attached hydrogen (secondary N) is 3. The Kier molecular flexibility index (Phi) is 10.7. The summed E-state index contributed by atoms with van der Waals surface area (Å²) in [6.45, 7) is 4.55. The molecule has 0 saturated carbocycles. The number of hydrogen-bond acceptors (Lipinski definition) is 4. The van der Waals surface area contributed by atoms with Crippen molar-refractivity contribution in [2.45, 2.75) is 25.8 Å². The molecule has 1 aliphatic rings. The highest BCUT2D eigenvalue weighted by molar-refractivity contribution is 14.0.